The van der Waals surface area contributed by atoms with Crippen LogP contribution in [0.15, 0.2) is 11.7 Å². The molecule has 0 unspecified atom stereocenters. The van der Waals surface area contributed by atoms with Gasteiger partial charge in [-0.3, -0.25) is 0 Å². The van der Waals surface area contributed by atoms with E-state index in [-0.39, 0.29) is 6.79 Å². The van der Waals surface area contributed by atoms with Crippen LogP contribution in [0.3, 0.4) is 0 Å². The molecule has 0 rings (SSSR count). The highest BCUT2D eigenvalue weighted by Gasteiger charge is 2.13. The van der Waals surface area contributed by atoms with Crippen LogP contribution in [0.1, 0.15) is 124 Å². The first-order valence-electron chi connectivity index (χ1n) is 12.5. The second-order valence-electron chi connectivity index (χ2n) is 7.86. The molecule has 0 saturated heterocycles. The summed E-state index contributed by atoms with van der Waals surface area (Å²) in [4.78, 5) is 0. The van der Waals surface area contributed by atoms with Gasteiger partial charge in [0.25, 0.3) is 0 Å². The van der Waals surface area contributed by atoms with Gasteiger partial charge in [0.15, 0.2) is 12.6 Å². The quantitative estimate of drug-likeness (QED) is 0.0961. The van der Waals surface area contributed by atoms with Crippen LogP contribution in [-0.4, -0.2) is 26.6 Å². The van der Waals surface area contributed by atoms with Crippen molar-refractivity contribution in [2.24, 2.45) is 0 Å². The van der Waals surface area contributed by atoms with Gasteiger partial charge in [-0.05, 0) is 25.7 Å². The van der Waals surface area contributed by atoms with Crippen LogP contribution in [0, 0.1) is 0 Å². The minimum Gasteiger partial charge on any atom is -0.491 e. The maximum Gasteiger partial charge on any atom is 0.321 e. The zero-order valence-electron chi connectivity index (χ0n) is 20.1. The summed E-state index contributed by atoms with van der Waals surface area (Å²) < 4.78 is 23.6. The lowest BCUT2D eigenvalue weighted by Gasteiger charge is -2.18. The molecule has 4 heteroatoms. The topological polar surface area (TPSA) is 36.9 Å². The Morgan fingerprint density at radius 1 is 0.483 bits per heavy atom. The van der Waals surface area contributed by atoms with Gasteiger partial charge >= 0.3 is 5.95 Å². The Morgan fingerprint density at radius 2 is 1.03 bits per heavy atom. The molecule has 0 aromatic heterocycles. The summed E-state index contributed by atoms with van der Waals surface area (Å²) >= 11 is 0. The predicted molar refractivity (Wildman–Crippen MR) is 123 cm³/mol. The van der Waals surface area contributed by atoms with E-state index in [1.807, 2.05) is 0 Å². The van der Waals surface area contributed by atoms with Crippen molar-refractivity contribution in [3.05, 3.63) is 11.7 Å². The van der Waals surface area contributed by atoms with Crippen LogP contribution in [-0.2, 0) is 18.9 Å². The number of unbranched alkanes of at least 4 members (excludes halogenated alkanes) is 10. The smallest absolute Gasteiger partial charge is 0.321 e. The molecule has 0 heterocycles. The van der Waals surface area contributed by atoms with Crippen molar-refractivity contribution in [1.82, 2.24) is 0 Å². The Bertz CT molecular complexity index is 343. The molecule has 0 N–H and O–H groups in total. The zero-order valence-corrected chi connectivity index (χ0v) is 20.1. The highest BCUT2D eigenvalue weighted by Crippen LogP contribution is 2.19. The van der Waals surface area contributed by atoms with Gasteiger partial charge in [-0.25, -0.2) is 0 Å². The molecule has 0 aromatic rings. The fraction of sp³-hybridized carbons (Fsp3) is 0.920. The first-order chi connectivity index (χ1) is 14.3. The van der Waals surface area contributed by atoms with E-state index >= 15 is 0 Å². The molecule has 4 nitrogen and oxygen atoms in total. The molecule has 0 aromatic carbocycles. The monoisotopic (exact) mass is 414 g/mol. The standard InChI is InChI=1S/C25H50O4/c1-5-9-13-14-15-16-18-20-26-23-29-25(28-22-12-8-4)24(19-17-10-6-2)27-21-11-7-3/h5-23H2,1-4H3. The van der Waals surface area contributed by atoms with E-state index < -0.39 is 0 Å². The number of hydrogen-bond donors (Lipinski definition) is 0. The summed E-state index contributed by atoms with van der Waals surface area (Å²) in [6.07, 6.45) is 17.7. The van der Waals surface area contributed by atoms with Crippen molar-refractivity contribution >= 4 is 0 Å². The number of hydrogen-bond acceptors (Lipinski definition) is 4. The lowest BCUT2D eigenvalue weighted by molar-refractivity contribution is -0.0844. The van der Waals surface area contributed by atoms with E-state index in [4.69, 9.17) is 18.9 Å². The Hall–Kier alpha value is -0.900. The lowest BCUT2D eigenvalue weighted by Crippen LogP contribution is -2.10. The third kappa shape index (κ3) is 18.8. The van der Waals surface area contributed by atoms with Crippen LogP contribution in [0.2, 0.25) is 0 Å². The zero-order chi connectivity index (χ0) is 21.4. The minimum absolute atomic E-state index is 0.242. The van der Waals surface area contributed by atoms with Crippen LogP contribution < -0.4 is 0 Å². The molecule has 0 spiro atoms. The van der Waals surface area contributed by atoms with Crippen LogP contribution in [0.25, 0.3) is 0 Å². The van der Waals surface area contributed by atoms with Crippen LogP contribution in [0.4, 0.5) is 0 Å². The van der Waals surface area contributed by atoms with Crippen molar-refractivity contribution < 1.29 is 18.9 Å². The van der Waals surface area contributed by atoms with E-state index in [1.54, 1.807) is 0 Å². The average molecular weight is 415 g/mol. The Labute approximate surface area is 181 Å². The molecule has 0 radical (unpaired) electrons. The molecule has 0 aliphatic heterocycles. The molecular formula is C25H50O4. The molecule has 0 fully saturated rings. The van der Waals surface area contributed by atoms with Crippen LogP contribution >= 0.6 is 0 Å². The fourth-order valence-electron chi connectivity index (χ4n) is 2.94. The van der Waals surface area contributed by atoms with E-state index in [9.17, 15) is 0 Å². The summed E-state index contributed by atoms with van der Waals surface area (Å²) in [7, 11) is 0. The van der Waals surface area contributed by atoms with Gasteiger partial charge in [-0.2, -0.15) is 0 Å². The van der Waals surface area contributed by atoms with E-state index in [0.29, 0.717) is 12.6 Å². The molecule has 0 atom stereocenters. The van der Waals surface area contributed by atoms with Crippen molar-refractivity contribution in [3.8, 4) is 0 Å². The van der Waals surface area contributed by atoms with Gasteiger partial charge in [0.1, 0.15) is 0 Å². The first kappa shape index (κ1) is 28.1. The maximum atomic E-state index is 6.04. The number of rotatable bonds is 23. The number of ether oxygens (including phenoxy) is 4. The average Bonchev–Trinajstić information content (AvgIpc) is 2.73. The molecule has 0 aliphatic rings. The van der Waals surface area contributed by atoms with Crippen LogP contribution in [0.5, 0.6) is 0 Å². The van der Waals surface area contributed by atoms with Gasteiger partial charge in [-0.1, -0.05) is 91.9 Å². The fourth-order valence-corrected chi connectivity index (χ4v) is 2.94. The highest BCUT2D eigenvalue weighted by molar-refractivity contribution is 4.95. The largest absolute Gasteiger partial charge is 0.491 e. The van der Waals surface area contributed by atoms with Gasteiger partial charge in [-0.15, -0.1) is 0 Å². The van der Waals surface area contributed by atoms with Gasteiger partial charge in [0.2, 0.25) is 0 Å². The summed E-state index contributed by atoms with van der Waals surface area (Å²) in [6.45, 7) is 11.2. The molecule has 0 saturated carbocycles. The third-order valence-electron chi connectivity index (χ3n) is 4.91. The van der Waals surface area contributed by atoms with Crippen molar-refractivity contribution in [1.29, 1.82) is 0 Å². The summed E-state index contributed by atoms with van der Waals surface area (Å²) in [5.41, 5.74) is 0. The Morgan fingerprint density at radius 3 is 1.69 bits per heavy atom. The van der Waals surface area contributed by atoms with Crippen molar-refractivity contribution in [2.45, 2.75) is 124 Å². The molecule has 174 valence electrons. The van der Waals surface area contributed by atoms with Crippen molar-refractivity contribution in [2.75, 3.05) is 26.6 Å². The van der Waals surface area contributed by atoms with Gasteiger partial charge in [0.05, 0.1) is 19.8 Å². The Kier molecular flexibility index (Phi) is 22.7. The molecule has 0 amide bonds. The van der Waals surface area contributed by atoms with E-state index in [2.05, 4.69) is 27.7 Å². The first-order valence-corrected chi connectivity index (χ1v) is 12.5. The summed E-state index contributed by atoms with van der Waals surface area (Å²) in [5, 5.41) is 0. The molecule has 0 bridgehead atoms. The Balaban J connectivity index is 4.38. The van der Waals surface area contributed by atoms with E-state index in [0.717, 1.165) is 63.9 Å². The summed E-state index contributed by atoms with van der Waals surface area (Å²) in [5.74, 6) is 1.41. The normalized spacial score (nSPS) is 12.0. The third-order valence-corrected chi connectivity index (χ3v) is 4.91. The lowest BCUT2D eigenvalue weighted by atomic mass is 10.1. The molecule has 29 heavy (non-hydrogen) atoms. The van der Waals surface area contributed by atoms with Crippen molar-refractivity contribution in [3.63, 3.8) is 0 Å². The minimum atomic E-state index is 0.242. The maximum absolute atomic E-state index is 6.04. The SMILES string of the molecule is CCCCCCCCCOCOC(OCCCC)=C(CCCCC)OCCCC. The summed E-state index contributed by atoms with van der Waals surface area (Å²) in [6, 6.07) is 0. The van der Waals surface area contributed by atoms with Gasteiger partial charge < -0.3 is 18.9 Å². The second kappa shape index (κ2) is 23.4. The molecular weight excluding hydrogens is 364 g/mol. The predicted octanol–water partition coefficient (Wildman–Crippen LogP) is 8.11. The molecule has 0 aliphatic carbocycles. The second-order valence-corrected chi connectivity index (χ2v) is 7.86. The number of allylic oxidation sites excluding steroid dienone is 1. The van der Waals surface area contributed by atoms with E-state index in [1.165, 1.54) is 51.4 Å². The highest BCUT2D eigenvalue weighted by atomic mass is 16.7. The van der Waals surface area contributed by atoms with Gasteiger partial charge in [0, 0.05) is 6.42 Å².